The fourth-order valence-corrected chi connectivity index (χ4v) is 1.51. The van der Waals surface area contributed by atoms with E-state index in [1.807, 2.05) is 13.8 Å². The van der Waals surface area contributed by atoms with Gasteiger partial charge in [-0.05, 0) is 30.0 Å². The van der Waals surface area contributed by atoms with Crippen LogP contribution in [0.4, 0.5) is 8.78 Å². The molecule has 0 radical (unpaired) electrons. The van der Waals surface area contributed by atoms with Crippen LogP contribution >= 0.6 is 0 Å². The summed E-state index contributed by atoms with van der Waals surface area (Å²) in [6.07, 6.45) is 0.366. The van der Waals surface area contributed by atoms with Gasteiger partial charge in [-0.3, -0.25) is 4.79 Å². The van der Waals surface area contributed by atoms with Crippen molar-refractivity contribution >= 4 is 5.91 Å². The largest absolute Gasteiger partial charge is 0.354 e. The highest BCUT2D eigenvalue weighted by Gasteiger charge is 2.16. The van der Waals surface area contributed by atoms with Gasteiger partial charge in [-0.25, -0.2) is 8.78 Å². The summed E-state index contributed by atoms with van der Waals surface area (Å²) in [7, 11) is 0. The first kappa shape index (κ1) is 14.6. The van der Waals surface area contributed by atoms with E-state index in [4.69, 9.17) is 5.73 Å². The first-order chi connectivity index (χ1) is 8.40. The van der Waals surface area contributed by atoms with Crippen molar-refractivity contribution < 1.29 is 13.6 Å². The number of carbonyl (C=O) groups excluding carboxylic acids is 1. The number of hydrogen-bond donors (Lipinski definition) is 2. The molecule has 0 saturated carbocycles. The Kier molecular flexibility index (Phi) is 5.22. The second-order valence-corrected chi connectivity index (χ2v) is 4.59. The molecule has 0 fully saturated rings. The van der Waals surface area contributed by atoms with Crippen LogP contribution in [0.5, 0.6) is 0 Å². The Morgan fingerprint density at radius 1 is 1.28 bits per heavy atom. The van der Waals surface area contributed by atoms with Crippen molar-refractivity contribution in [3.05, 3.63) is 35.4 Å². The molecular formula is C13H18F2N2O. The Labute approximate surface area is 105 Å². The molecule has 1 rings (SSSR count). The number of nitrogens with two attached hydrogens (primary N) is 1. The van der Waals surface area contributed by atoms with Crippen molar-refractivity contribution in [2.45, 2.75) is 26.3 Å². The van der Waals surface area contributed by atoms with Crippen molar-refractivity contribution in [3.63, 3.8) is 0 Å². The highest BCUT2D eigenvalue weighted by atomic mass is 19.1. The van der Waals surface area contributed by atoms with E-state index >= 15 is 0 Å². The van der Waals surface area contributed by atoms with Crippen LogP contribution in [0.1, 0.15) is 19.4 Å². The van der Waals surface area contributed by atoms with Crippen LogP contribution in [0.3, 0.4) is 0 Å². The average Bonchev–Trinajstić information content (AvgIpc) is 2.26. The van der Waals surface area contributed by atoms with E-state index in [1.165, 1.54) is 12.1 Å². The summed E-state index contributed by atoms with van der Waals surface area (Å²) in [5.74, 6) is -1.43. The summed E-state index contributed by atoms with van der Waals surface area (Å²) in [4.78, 5) is 11.5. The summed E-state index contributed by atoms with van der Waals surface area (Å²) in [6, 6.07) is 2.75. The standard InChI is InChI=1S/C13H18F2N2O/c1-8(2)12(16)13(18)17-4-3-9-5-10(14)7-11(15)6-9/h5-8,12H,3-4,16H2,1-2H3,(H,17,18). The normalized spacial score (nSPS) is 12.6. The highest BCUT2D eigenvalue weighted by molar-refractivity contribution is 5.81. The Balaban J connectivity index is 2.44. The van der Waals surface area contributed by atoms with Crippen LogP contribution < -0.4 is 11.1 Å². The predicted molar refractivity (Wildman–Crippen MR) is 65.9 cm³/mol. The third kappa shape index (κ3) is 4.41. The molecular weight excluding hydrogens is 238 g/mol. The summed E-state index contributed by atoms with van der Waals surface area (Å²) in [6.45, 7) is 4.01. The number of rotatable bonds is 5. The molecule has 3 N–H and O–H groups in total. The predicted octanol–water partition coefficient (Wildman–Crippen LogP) is 1.61. The van der Waals surface area contributed by atoms with Crippen LogP contribution in [-0.4, -0.2) is 18.5 Å². The number of carbonyl (C=O) groups is 1. The second kappa shape index (κ2) is 6.44. The maximum Gasteiger partial charge on any atom is 0.237 e. The molecule has 1 unspecified atom stereocenters. The van der Waals surface area contributed by atoms with Gasteiger partial charge in [0.15, 0.2) is 0 Å². The Morgan fingerprint density at radius 3 is 2.33 bits per heavy atom. The van der Waals surface area contributed by atoms with Gasteiger partial charge < -0.3 is 11.1 Å². The van der Waals surface area contributed by atoms with Crippen LogP contribution in [0.2, 0.25) is 0 Å². The van der Waals surface area contributed by atoms with Gasteiger partial charge in [-0.1, -0.05) is 13.8 Å². The van der Waals surface area contributed by atoms with Gasteiger partial charge in [-0.15, -0.1) is 0 Å². The van der Waals surface area contributed by atoms with E-state index in [0.29, 0.717) is 18.5 Å². The van der Waals surface area contributed by atoms with Crippen LogP contribution in [0.15, 0.2) is 18.2 Å². The van der Waals surface area contributed by atoms with Crippen molar-refractivity contribution in [2.24, 2.45) is 11.7 Å². The molecule has 100 valence electrons. The summed E-state index contributed by atoms with van der Waals surface area (Å²) in [5, 5.41) is 2.64. The number of benzene rings is 1. The lowest BCUT2D eigenvalue weighted by Crippen LogP contribution is -2.44. The molecule has 0 aromatic heterocycles. The number of hydrogen-bond acceptors (Lipinski definition) is 2. The van der Waals surface area contributed by atoms with E-state index in [9.17, 15) is 13.6 Å². The molecule has 1 aromatic carbocycles. The summed E-state index contributed by atoms with van der Waals surface area (Å²) >= 11 is 0. The molecule has 18 heavy (non-hydrogen) atoms. The fraction of sp³-hybridized carbons (Fsp3) is 0.462. The zero-order chi connectivity index (χ0) is 13.7. The minimum atomic E-state index is -0.616. The van der Waals surface area contributed by atoms with Crippen LogP contribution in [-0.2, 0) is 11.2 Å². The third-order valence-electron chi connectivity index (χ3n) is 2.66. The van der Waals surface area contributed by atoms with Crippen LogP contribution in [0.25, 0.3) is 0 Å². The van der Waals surface area contributed by atoms with Gasteiger partial charge in [0, 0.05) is 12.6 Å². The first-order valence-electron chi connectivity index (χ1n) is 5.88. The maximum atomic E-state index is 12.9. The third-order valence-corrected chi connectivity index (χ3v) is 2.66. The second-order valence-electron chi connectivity index (χ2n) is 4.59. The minimum Gasteiger partial charge on any atom is -0.354 e. The van der Waals surface area contributed by atoms with Crippen molar-refractivity contribution in [2.75, 3.05) is 6.54 Å². The van der Waals surface area contributed by atoms with E-state index in [2.05, 4.69) is 5.32 Å². The molecule has 1 amide bonds. The first-order valence-corrected chi connectivity index (χ1v) is 5.88. The molecule has 5 heteroatoms. The minimum absolute atomic E-state index is 0.0524. The monoisotopic (exact) mass is 256 g/mol. The Bertz CT molecular complexity index is 401. The van der Waals surface area contributed by atoms with Crippen molar-refractivity contribution in [1.82, 2.24) is 5.32 Å². The number of nitrogens with one attached hydrogen (secondary N) is 1. The Hall–Kier alpha value is -1.49. The van der Waals surface area contributed by atoms with Gasteiger partial charge in [0.2, 0.25) is 5.91 Å². The molecule has 0 saturated heterocycles. The van der Waals surface area contributed by atoms with E-state index in [-0.39, 0.29) is 11.8 Å². The summed E-state index contributed by atoms with van der Waals surface area (Å²) < 4.78 is 25.8. The lowest BCUT2D eigenvalue weighted by molar-refractivity contribution is -0.123. The summed E-state index contributed by atoms with van der Waals surface area (Å²) in [5.41, 5.74) is 6.16. The number of amides is 1. The molecule has 0 bridgehead atoms. The average molecular weight is 256 g/mol. The molecule has 0 aliphatic rings. The molecule has 0 spiro atoms. The molecule has 1 aromatic rings. The van der Waals surface area contributed by atoms with Gasteiger partial charge in [0.05, 0.1) is 6.04 Å². The smallest absolute Gasteiger partial charge is 0.237 e. The SMILES string of the molecule is CC(C)C(N)C(=O)NCCc1cc(F)cc(F)c1. The molecule has 0 heterocycles. The highest BCUT2D eigenvalue weighted by Crippen LogP contribution is 2.08. The van der Waals surface area contributed by atoms with E-state index < -0.39 is 17.7 Å². The number of halogens is 2. The van der Waals surface area contributed by atoms with Crippen molar-refractivity contribution in [3.8, 4) is 0 Å². The van der Waals surface area contributed by atoms with Gasteiger partial charge >= 0.3 is 0 Å². The van der Waals surface area contributed by atoms with E-state index in [1.54, 1.807) is 0 Å². The molecule has 0 aliphatic carbocycles. The zero-order valence-corrected chi connectivity index (χ0v) is 10.5. The van der Waals surface area contributed by atoms with Gasteiger partial charge in [0.1, 0.15) is 11.6 Å². The lowest BCUT2D eigenvalue weighted by Gasteiger charge is -2.15. The molecule has 3 nitrogen and oxygen atoms in total. The van der Waals surface area contributed by atoms with Gasteiger partial charge in [0.25, 0.3) is 0 Å². The quantitative estimate of drug-likeness (QED) is 0.841. The van der Waals surface area contributed by atoms with Crippen LogP contribution in [0, 0.1) is 17.6 Å². The fourth-order valence-electron chi connectivity index (χ4n) is 1.51. The zero-order valence-electron chi connectivity index (χ0n) is 10.5. The molecule has 1 atom stereocenters. The van der Waals surface area contributed by atoms with Gasteiger partial charge in [-0.2, -0.15) is 0 Å². The lowest BCUT2D eigenvalue weighted by atomic mass is 10.0. The maximum absolute atomic E-state index is 12.9. The molecule has 0 aliphatic heterocycles. The van der Waals surface area contributed by atoms with Crippen molar-refractivity contribution in [1.29, 1.82) is 0 Å². The topological polar surface area (TPSA) is 55.1 Å². The Morgan fingerprint density at radius 2 is 1.83 bits per heavy atom. The van der Waals surface area contributed by atoms with E-state index in [0.717, 1.165) is 6.07 Å².